The molecular weight excluding hydrogens is 548 g/mol. The minimum Gasteiger partial charge on any atom is -0.477 e. The molecule has 10 heteroatoms. The van der Waals surface area contributed by atoms with Crippen LogP contribution in [0.15, 0.2) is 84.9 Å². The van der Waals surface area contributed by atoms with Gasteiger partial charge in [0.05, 0.1) is 27.3 Å². The summed E-state index contributed by atoms with van der Waals surface area (Å²) in [5.74, 6) is 1.01. The van der Waals surface area contributed by atoms with E-state index in [0.29, 0.717) is 51.4 Å². The van der Waals surface area contributed by atoms with E-state index in [0.717, 1.165) is 16.7 Å². The predicted molar refractivity (Wildman–Crippen MR) is 165 cm³/mol. The number of para-hydroxylation sites is 1. The molecule has 42 heavy (non-hydrogen) atoms. The van der Waals surface area contributed by atoms with Gasteiger partial charge in [-0.2, -0.15) is 5.26 Å². The number of rotatable bonds is 9. The first-order valence-corrected chi connectivity index (χ1v) is 14.2. The predicted octanol–water partition coefficient (Wildman–Crippen LogP) is 7.41. The van der Waals surface area contributed by atoms with E-state index in [1.807, 2.05) is 55.5 Å². The number of thiophene rings is 1. The lowest BCUT2D eigenvalue weighted by atomic mass is 9.98. The van der Waals surface area contributed by atoms with Crippen molar-refractivity contribution in [2.24, 2.45) is 0 Å². The first-order chi connectivity index (χ1) is 20.6. The van der Waals surface area contributed by atoms with Crippen molar-refractivity contribution in [3.05, 3.63) is 106 Å². The number of nitrogens with zero attached hydrogens (tertiary/aromatic N) is 5. The molecule has 0 amide bonds. The molecule has 0 fully saturated rings. The van der Waals surface area contributed by atoms with Crippen molar-refractivity contribution in [3.8, 4) is 34.5 Å². The van der Waals surface area contributed by atoms with Crippen LogP contribution in [-0.2, 0) is 6.42 Å². The summed E-state index contributed by atoms with van der Waals surface area (Å²) in [4.78, 5) is 26.6. The fourth-order valence-electron chi connectivity index (χ4n) is 4.92. The standard InChI is InChI=1S/C32H24N6O3S/c1-2-41-31-23(19-33)25(21-13-7-4-8-14-21)26-27-28(42-32(26)37-31)30(34-18-17-20-11-5-3-6-12-20)36-29(35-27)22-15-9-10-16-24(22)38(39)40/h3-16H,2,17-18H2,1H3,(H,34,35,36). The molecule has 9 nitrogen and oxygen atoms in total. The van der Waals surface area contributed by atoms with Gasteiger partial charge in [-0.25, -0.2) is 15.0 Å². The molecule has 206 valence electrons. The molecule has 0 aliphatic heterocycles. The van der Waals surface area contributed by atoms with Crippen molar-refractivity contribution < 1.29 is 9.66 Å². The summed E-state index contributed by atoms with van der Waals surface area (Å²) in [5.41, 5.74) is 3.70. The highest BCUT2D eigenvalue weighted by molar-refractivity contribution is 7.26. The van der Waals surface area contributed by atoms with Gasteiger partial charge in [0, 0.05) is 23.6 Å². The Morgan fingerprint density at radius 3 is 2.40 bits per heavy atom. The van der Waals surface area contributed by atoms with Gasteiger partial charge < -0.3 is 10.1 Å². The molecule has 0 aliphatic rings. The second-order valence-corrected chi connectivity index (χ2v) is 10.4. The van der Waals surface area contributed by atoms with Crippen molar-refractivity contribution in [2.75, 3.05) is 18.5 Å². The minimum absolute atomic E-state index is 0.0932. The summed E-state index contributed by atoms with van der Waals surface area (Å²) < 4.78 is 6.56. The van der Waals surface area contributed by atoms with Crippen molar-refractivity contribution in [3.63, 3.8) is 0 Å². The third-order valence-corrected chi connectivity index (χ3v) is 7.86. The van der Waals surface area contributed by atoms with E-state index in [1.165, 1.54) is 23.0 Å². The Labute approximate surface area is 245 Å². The van der Waals surface area contributed by atoms with Gasteiger partial charge in [0.1, 0.15) is 22.3 Å². The monoisotopic (exact) mass is 572 g/mol. The Morgan fingerprint density at radius 1 is 0.976 bits per heavy atom. The van der Waals surface area contributed by atoms with Gasteiger partial charge in [-0.15, -0.1) is 11.3 Å². The van der Waals surface area contributed by atoms with Gasteiger partial charge >= 0.3 is 0 Å². The topological polar surface area (TPSA) is 127 Å². The fraction of sp³-hybridized carbons (Fsp3) is 0.125. The van der Waals surface area contributed by atoms with E-state index >= 15 is 0 Å². The van der Waals surface area contributed by atoms with Crippen molar-refractivity contribution >= 4 is 43.3 Å². The lowest BCUT2D eigenvalue weighted by molar-refractivity contribution is -0.384. The second-order valence-electron chi connectivity index (χ2n) is 9.37. The van der Waals surface area contributed by atoms with Crippen molar-refractivity contribution in [1.29, 1.82) is 5.26 Å². The molecule has 1 N–H and O–H groups in total. The Hall–Kier alpha value is -5.40. The van der Waals surface area contributed by atoms with E-state index in [-0.39, 0.29) is 17.4 Å². The summed E-state index contributed by atoms with van der Waals surface area (Å²) in [5, 5.41) is 26.3. The van der Waals surface area contributed by atoms with E-state index in [9.17, 15) is 15.4 Å². The average Bonchev–Trinajstić information content (AvgIpc) is 3.39. The van der Waals surface area contributed by atoms with E-state index in [2.05, 4.69) is 23.5 Å². The molecule has 0 spiro atoms. The van der Waals surface area contributed by atoms with Gasteiger partial charge in [-0.3, -0.25) is 10.1 Å². The molecule has 0 aliphatic carbocycles. The van der Waals surface area contributed by atoms with Crippen molar-refractivity contribution in [2.45, 2.75) is 13.3 Å². The van der Waals surface area contributed by atoms with Gasteiger partial charge in [-0.1, -0.05) is 72.8 Å². The number of nitrogens with one attached hydrogen (secondary N) is 1. The molecule has 0 radical (unpaired) electrons. The molecule has 0 atom stereocenters. The van der Waals surface area contributed by atoms with Crippen LogP contribution >= 0.6 is 11.3 Å². The Balaban J connectivity index is 1.64. The van der Waals surface area contributed by atoms with E-state index < -0.39 is 4.92 Å². The smallest absolute Gasteiger partial charge is 0.280 e. The molecule has 6 aromatic rings. The van der Waals surface area contributed by atoms with Gasteiger partial charge in [-0.05, 0) is 30.5 Å². The number of nitro groups is 1. The summed E-state index contributed by atoms with van der Waals surface area (Å²) in [7, 11) is 0. The van der Waals surface area contributed by atoms with Crippen LogP contribution in [0, 0.1) is 21.4 Å². The fourth-order valence-corrected chi connectivity index (χ4v) is 6.00. The highest BCUT2D eigenvalue weighted by Crippen LogP contribution is 2.45. The van der Waals surface area contributed by atoms with Crippen LogP contribution in [0.3, 0.4) is 0 Å². The number of fused-ring (bicyclic) bond motifs is 3. The molecule has 3 aromatic carbocycles. The van der Waals surface area contributed by atoms with Crippen LogP contribution in [-0.4, -0.2) is 33.0 Å². The summed E-state index contributed by atoms with van der Waals surface area (Å²) in [6.45, 7) is 2.77. The highest BCUT2D eigenvalue weighted by Gasteiger charge is 2.26. The molecular formula is C32H24N6O3S. The lowest BCUT2D eigenvalue weighted by Crippen LogP contribution is -2.08. The molecule has 0 saturated carbocycles. The van der Waals surface area contributed by atoms with Gasteiger partial charge in [0.2, 0.25) is 5.88 Å². The molecule has 0 unspecified atom stereocenters. The zero-order chi connectivity index (χ0) is 29.1. The third kappa shape index (κ3) is 4.98. The van der Waals surface area contributed by atoms with Gasteiger partial charge in [0.25, 0.3) is 5.69 Å². The molecule has 3 heterocycles. The Kier molecular flexibility index (Phi) is 7.41. The SMILES string of the molecule is CCOc1nc2sc3c(NCCc4ccccc4)nc(-c4ccccc4[N+](=O)[O-])nc3c2c(-c2ccccc2)c1C#N. The maximum atomic E-state index is 11.9. The lowest BCUT2D eigenvalue weighted by Gasteiger charge is -2.12. The number of benzene rings is 3. The number of anilines is 1. The zero-order valence-corrected chi connectivity index (χ0v) is 23.4. The summed E-state index contributed by atoms with van der Waals surface area (Å²) in [6.07, 6.45) is 0.749. The maximum absolute atomic E-state index is 11.9. The first kappa shape index (κ1) is 26.8. The van der Waals surface area contributed by atoms with E-state index in [1.54, 1.807) is 18.2 Å². The quantitative estimate of drug-likeness (QED) is 0.140. The normalized spacial score (nSPS) is 11.0. The number of pyridine rings is 1. The minimum atomic E-state index is -0.434. The largest absolute Gasteiger partial charge is 0.477 e. The zero-order valence-electron chi connectivity index (χ0n) is 22.6. The second kappa shape index (κ2) is 11.6. The molecule has 3 aromatic heterocycles. The van der Waals surface area contributed by atoms with Crippen molar-refractivity contribution in [1.82, 2.24) is 15.0 Å². The van der Waals surface area contributed by atoms with Crippen LogP contribution in [0.4, 0.5) is 11.5 Å². The van der Waals surface area contributed by atoms with Crippen LogP contribution in [0.1, 0.15) is 18.1 Å². The van der Waals surface area contributed by atoms with Crippen LogP contribution in [0.5, 0.6) is 5.88 Å². The average molecular weight is 573 g/mol. The number of hydrogen-bond donors (Lipinski definition) is 1. The van der Waals surface area contributed by atoms with Gasteiger partial charge in [0.15, 0.2) is 5.82 Å². The van der Waals surface area contributed by atoms with E-state index in [4.69, 9.17) is 19.7 Å². The Bertz CT molecular complexity index is 1970. The number of ether oxygens (including phenoxy) is 1. The van der Waals surface area contributed by atoms with Crippen LogP contribution in [0.25, 0.3) is 42.9 Å². The molecule has 6 rings (SSSR count). The number of hydrogen-bond acceptors (Lipinski definition) is 9. The number of nitriles is 1. The highest BCUT2D eigenvalue weighted by atomic mass is 32.1. The molecule has 0 bridgehead atoms. The number of nitro benzene ring substituents is 1. The summed E-state index contributed by atoms with van der Waals surface area (Å²) >= 11 is 1.40. The van der Waals surface area contributed by atoms with Crippen LogP contribution in [0.2, 0.25) is 0 Å². The first-order valence-electron chi connectivity index (χ1n) is 13.4. The van der Waals surface area contributed by atoms with Crippen LogP contribution < -0.4 is 10.1 Å². The number of aromatic nitrogens is 3. The Morgan fingerprint density at radius 2 is 1.69 bits per heavy atom. The molecule has 0 saturated heterocycles. The third-order valence-electron chi connectivity index (χ3n) is 6.78. The summed E-state index contributed by atoms with van der Waals surface area (Å²) in [6, 6.07) is 28.4. The maximum Gasteiger partial charge on any atom is 0.280 e.